The van der Waals surface area contributed by atoms with Gasteiger partial charge >= 0.3 is 5.97 Å². The van der Waals surface area contributed by atoms with Crippen LogP contribution in [0.1, 0.15) is 40.3 Å². The summed E-state index contributed by atoms with van der Waals surface area (Å²) in [4.78, 5) is 24.5. The molecule has 0 unspecified atom stereocenters. The number of benzene rings is 2. The van der Waals surface area contributed by atoms with Crippen molar-refractivity contribution in [2.24, 2.45) is 0 Å². The Bertz CT molecular complexity index is 1180. The first-order chi connectivity index (χ1) is 14.3. The van der Waals surface area contributed by atoms with Crippen LogP contribution in [0.25, 0.3) is 0 Å². The number of rotatable bonds is 6. The molecular weight excluding hydrogens is 399 g/mol. The van der Waals surface area contributed by atoms with Gasteiger partial charge in [0.05, 0.1) is 25.2 Å². The van der Waals surface area contributed by atoms with Gasteiger partial charge in [-0.15, -0.1) is 0 Å². The predicted molar refractivity (Wildman–Crippen MR) is 100 cm³/mol. The smallest absolute Gasteiger partial charge is 0.306 e. The lowest BCUT2D eigenvalue weighted by atomic mass is 9.87. The molecule has 0 fully saturated rings. The first-order valence-corrected chi connectivity index (χ1v) is 8.83. The Kier molecular flexibility index (Phi) is 6.06. The number of aromatic nitrogens is 2. The molecule has 0 amide bonds. The second-order valence-electron chi connectivity index (χ2n) is 6.57. The Morgan fingerprint density at radius 2 is 1.77 bits per heavy atom. The molecule has 6 nitrogen and oxygen atoms in total. The highest BCUT2D eigenvalue weighted by Crippen LogP contribution is 2.30. The van der Waals surface area contributed by atoms with Crippen molar-refractivity contribution in [1.82, 2.24) is 10.2 Å². The number of carbonyl (C=O) groups is 1. The van der Waals surface area contributed by atoms with Gasteiger partial charge in [-0.2, -0.15) is 5.26 Å². The molecule has 2 aromatic carbocycles. The summed E-state index contributed by atoms with van der Waals surface area (Å²) in [6.45, 7) is 0. The van der Waals surface area contributed by atoms with Crippen molar-refractivity contribution < 1.29 is 22.7 Å². The summed E-state index contributed by atoms with van der Waals surface area (Å²) in [7, 11) is 1.21. The number of nitriles is 1. The highest BCUT2D eigenvalue weighted by atomic mass is 19.2. The van der Waals surface area contributed by atoms with E-state index in [1.165, 1.54) is 19.2 Å². The molecule has 0 radical (unpaired) electrons. The predicted octanol–water partition coefficient (Wildman–Crippen LogP) is 3.28. The van der Waals surface area contributed by atoms with E-state index in [9.17, 15) is 22.8 Å². The molecule has 3 aromatic rings. The third-order valence-electron chi connectivity index (χ3n) is 4.74. The fraction of sp³-hybridized carbons (Fsp3) is 0.190. The largest absolute Gasteiger partial charge is 0.469 e. The molecule has 0 saturated heterocycles. The fourth-order valence-corrected chi connectivity index (χ4v) is 3.23. The summed E-state index contributed by atoms with van der Waals surface area (Å²) in [5.41, 5.74) is 0.574. The average Bonchev–Trinajstić information content (AvgIpc) is 3.10. The van der Waals surface area contributed by atoms with E-state index >= 15 is 0 Å². The molecule has 1 atom stereocenters. The number of methoxy groups -OCH3 is 1. The van der Waals surface area contributed by atoms with Crippen LogP contribution >= 0.6 is 0 Å². The van der Waals surface area contributed by atoms with Crippen molar-refractivity contribution in [3.05, 3.63) is 92.2 Å². The Balaban J connectivity index is 2.07. The van der Waals surface area contributed by atoms with Gasteiger partial charge in [-0.05, 0) is 29.3 Å². The van der Waals surface area contributed by atoms with Gasteiger partial charge in [0.2, 0.25) is 0 Å². The molecule has 30 heavy (non-hydrogen) atoms. The van der Waals surface area contributed by atoms with Crippen LogP contribution in [-0.2, 0) is 16.0 Å². The van der Waals surface area contributed by atoms with Crippen LogP contribution in [0.15, 0.2) is 41.2 Å². The van der Waals surface area contributed by atoms with Gasteiger partial charge in [0.15, 0.2) is 11.6 Å². The summed E-state index contributed by atoms with van der Waals surface area (Å²) in [5, 5.41) is 14.0. The van der Waals surface area contributed by atoms with Gasteiger partial charge < -0.3 is 9.84 Å². The monoisotopic (exact) mass is 415 g/mol. The van der Waals surface area contributed by atoms with E-state index in [4.69, 9.17) is 10.00 Å². The summed E-state index contributed by atoms with van der Waals surface area (Å²) >= 11 is 0. The molecular formula is C21H16F3N3O3. The number of hydrogen-bond acceptors (Lipinski definition) is 4. The zero-order valence-electron chi connectivity index (χ0n) is 15.8. The number of carbonyl (C=O) groups excluding carboxylic acids is 1. The van der Waals surface area contributed by atoms with E-state index < -0.39 is 34.9 Å². The van der Waals surface area contributed by atoms with Crippen molar-refractivity contribution in [3.8, 4) is 6.07 Å². The summed E-state index contributed by atoms with van der Waals surface area (Å²) in [6, 6.07) is 9.40. The number of esters is 1. The molecule has 1 heterocycles. The third-order valence-corrected chi connectivity index (χ3v) is 4.74. The summed E-state index contributed by atoms with van der Waals surface area (Å²) in [6.07, 6.45) is -0.443. The number of halogens is 3. The normalized spacial score (nSPS) is 11.7. The Morgan fingerprint density at radius 3 is 2.40 bits per heavy atom. The maximum absolute atomic E-state index is 14.1. The zero-order chi connectivity index (χ0) is 21.8. The molecule has 3 rings (SSSR count). The van der Waals surface area contributed by atoms with Crippen LogP contribution in [-0.4, -0.2) is 23.3 Å². The number of nitrogens with one attached hydrogen (secondary N) is 2. The van der Waals surface area contributed by atoms with Crippen LogP contribution in [0.2, 0.25) is 0 Å². The highest BCUT2D eigenvalue weighted by molar-refractivity contribution is 5.71. The fourth-order valence-electron chi connectivity index (χ4n) is 3.23. The van der Waals surface area contributed by atoms with E-state index in [-0.39, 0.29) is 29.7 Å². The number of ether oxygens (including phenoxy) is 1. The average molecular weight is 415 g/mol. The second-order valence-corrected chi connectivity index (χ2v) is 6.57. The third kappa shape index (κ3) is 4.27. The molecule has 0 bridgehead atoms. The summed E-state index contributed by atoms with van der Waals surface area (Å²) in [5.74, 6) is -4.87. The SMILES string of the molecule is COC(=O)C[C@H](c1ccc(C#N)cc1)c1c(Cc2cc(F)c(F)cc2F)[nH][nH]c1=O. The maximum atomic E-state index is 14.1. The van der Waals surface area contributed by atoms with Crippen molar-refractivity contribution in [3.63, 3.8) is 0 Å². The molecule has 1 aromatic heterocycles. The molecule has 0 aliphatic rings. The lowest BCUT2D eigenvalue weighted by molar-refractivity contribution is -0.140. The second kappa shape index (κ2) is 8.69. The van der Waals surface area contributed by atoms with Crippen molar-refractivity contribution in [2.75, 3.05) is 7.11 Å². The van der Waals surface area contributed by atoms with Crippen LogP contribution in [0, 0.1) is 28.8 Å². The molecule has 0 aliphatic carbocycles. The minimum atomic E-state index is -1.32. The van der Waals surface area contributed by atoms with Gasteiger partial charge in [0, 0.05) is 29.7 Å². The Morgan fingerprint density at radius 1 is 1.10 bits per heavy atom. The van der Waals surface area contributed by atoms with Crippen LogP contribution in [0.4, 0.5) is 13.2 Å². The number of aromatic amines is 2. The number of hydrogen-bond donors (Lipinski definition) is 2. The minimum absolute atomic E-state index is 0.134. The lowest BCUT2D eigenvalue weighted by Gasteiger charge is -2.16. The minimum Gasteiger partial charge on any atom is -0.469 e. The molecule has 2 N–H and O–H groups in total. The standard InChI is InChI=1S/C21H16F3N3O3/c1-30-19(28)8-14(12-4-2-11(10-25)3-5-12)20-18(26-27-21(20)29)7-13-6-16(23)17(24)9-15(13)22/h2-6,9,14H,7-8H2,1H3,(H2,26,27,29)/t14-/m1/s1. The Labute approximate surface area is 168 Å². The molecule has 0 saturated carbocycles. The van der Waals surface area contributed by atoms with E-state index in [1.54, 1.807) is 12.1 Å². The topological polar surface area (TPSA) is 98.7 Å². The zero-order valence-corrected chi connectivity index (χ0v) is 15.8. The van der Waals surface area contributed by atoms with E-state index in [2.05, 4.69) is 10.2 Å². The summed E-state index contributed by atoms with van der Waals surface area (Å²) < 4.78 is 45.6. The maximum Gasteiger partial charge on any atom is 0.306 e. The molecule has 154 valence electrons. The van der Waals surface area contributed by atoms with Gasteiger partial charge in [-0.1, -0.05) is 12.1 Å². The Hall–Kier alpha value is -3.80. The van der Waals surface area contributed by atoms with Gasteiger partial charge in [-0.3, -0.25) is 14.7 Å². The van der Waals surface area contributed by atoms with Crippen molar-refractivity contribution in [2.45, 2.75) is 18.8 Å². The van der Waals surface area contributed by atoms with E-state index in [0.717, 1.165) is 6.07 Å². The van der Waals surface area contributed by atoms with Crippen molar-refractivity contribution in [1.29, 1.82) is 5.26 Å². The molecule has 0 aliphatic heterocycles. The first kappa shape index (κ1) is 20.9. The van der Waals surface area contributed by atoms with Crippen molar-refractivity contribution >= 4 is 5.97 Å². The molecule has 9 heteroatoms. The van der Waals surface area contributed by atoms with E-state index in [1.807, 2.05) is 6.07 Å². The quantitative estimate of drug-likeness (QED) is 0.477. The van der Waals surface area contributed by atoms with E-state index in [0.29, 0.717) is 17.2 Å². The van der Waals surface area contributed by atoms with Gasteiger partial charge in [0.1, 0.15) is 5.82 Å². The number of nitrogens with zero attached hydrogens (tertiary/aromatic N) is 1. The lowest BCUT2D eigenvalue weighted by Crippen LogP contribution is -2.18. The first-order valence-electron chi connectivity index (χ1n) is 8.83. The van der Waals surface area contributed by atoms with Crippen LogP contribution < -0.4 is 5.56 Å². The van der Waals surface area contributed by atoms with Gasteiger partial charge in [-0.25, -0.2) is 13.2 Å². The highest BCUT2D eigenvalue weighted by Gasteiger charge is 2.26. The van der Waals surface area contributed by atoms with Gasteiger partial charge in [0.25, 0.3) is 5.56 Å². The molecule has 0 spiro atoms. The van der Waals surface area contributed by atoms with Crippen LogP contribution in [0.3, 0.4) is 0 Å². The number of H-pyrrole nitrogens is 2. The van der Waals surface area contributed by atoms with Crippen LogP contribution in [0.5, 0.6) is 0 Å².